The molecule has 4 nitrogen and oxygen atoms in total. The maximum atomic E-state index is 12.1. The van der Waals surface area contributed by atoms with Gasteiger partial charge in [-0.2, -0.15) is 8.42 Å². The topological polar surface area (TPSA) is 49.7 Å². The van der Waals surface area contributed by atoms with Crippen LogP contribution < -0.4 is 0 Å². The summed E-state index contributed by atoms with van der Waals surface area (Å²) in [6.45, 7) is 0.785. The summed E-state index contributed by atoms with van der Waals surface area (Å²) in [6, 6.07) is 7.51. The van der Waals surface area contributed by atoms with Crippen molar-refractivity contribution in [1.29, 1.82) is 0 Å². The third-order valence-electron chi connectivity index (χ3n) is 3.73. The monoisotopic (exact) mass is 342 g/mol. The Bertz CT molecular complexity index is 623. The van der Waals surface area contributed by atoms with Crippen LogP contribution in [0.25, 0.3) is 0 Å². The average Bonchev–Trinajstić information content (AvgIpc) is 2.60. The molecular formula is C13H15BrN2O2S. The Balaban J connectivity index is 2.04. The van der Waals surface area contributed by atoms with Crippen LogP contribution in [0, 0.1) is 0 Å². The van der Waals surface area contributed by atoms with Crippen LogP contribution in [0.4, 0.5) is 0 Å². The zero-order chi connectivity index (χ0) is 13.5. The van der Waals surface area contributed by atoms with E-state index in [9.17, 15) is 8.42 Å². The number of hydrogen-bond donors (Lipinski definition) is 0. The van der Waals surface area contributed by atoms with Gasteiger partial charge >= 0.3 is 0 Å². The Hall–Kier alpha value is -0.880. The Morgan fingerprint density at radius 3 is 2.68 bits per heavy atom. The van der Waals surface area contributed by atoms with E-state index in [1.165, 1.54) is 6.42 Å². The third kappa shape index (κ3) is 2.21. The van der Waals surface area contributed by atoms with Gasteiger partial charge in [0.15, 0.2) is 5.84 Å². The minimum Gasteiger partial charge on any atom is -0.352 e. The lowest BCUT2D eigenvalue weighted by atomic mass is 9.91. The molecule has 19 heavy (non-hydrogen) atoms. The number of alkyl halides is 1. The molecular weight excluding hydrogens is 328 g/mol. The predicted octanol–water partition coefficient (Wildman–Crippen LogP) is 2.38. The van der Waals surface area contributed by atoms with Crippen LogP contribution in [0.5, 0.6) is 0 Å². The van der Waals surface area contributed by atoms with Crippen molar-refractivity contribution in [2.24, 2.45) is 4.40 Å². The van der Waals surface area contributed by atoms with Crippen LogP contribution in [-0.2, 0) is 10.0 Å². The van der Waals surface area contributed by atoms with Crippen molar-refractivity contribution >= 4 is 31.8 Å². The Labute approximate surface area is 121 Å². The molecule has 1 heterocycles. The number of hydrogen-bond acceptors (Lipinski definition) is 3. The van der Waals surface area contributed by atoms with E-state index < -0.39 is 10.0 Å². The Morgan fingerprint density at radius 2 is 2.05 bits per heavy atom. The van der Waals surface area contributed by atoms with E-state index in [-0.39, 0.29) is 0 Å². The van der Waals surface area contributed by atoms with E-state index in [2.05, 4.69) is 25.2 Å². The van der Waals surface area contributed by atoms with Gasteiger partial charge in [-0.05, 0) is 31.4 Å². The largest absolute Gasteiger partial charge is 0.352 e. The molecule has 0 amide bonds. The van der Waals surface area contributed by atoms with Gasteiger partial charge in [0.2, 0.25) is 0 Å². The second-order valence-corrected chi connectivity index (χ2v) is 7.22. The van der Waals surface area contributed by atoms with Crippen LogP contribution in [0.3, 0.4) is 0 Å². The lowest BCUT2D eigenvalue weighted by Crippen LogP contribution is -2.45. The van der Waals surface area contributed by atoms with Crippen molar-refractivity contribution in [3.63, 3.8) is 0 Å². The number of nitrogens with zero attached hydrogens (tertiary/aromatic N) is 2. The molecule has 1 fully saturated rings. The second kappa shape index (κ2) is 4.90. The Morgan fingerprint density at radius 1 is 1.32 bits per heavy atom. The first kappa shape index (κ1) is 13.1. The van der Waals surface area contributed by atoms with Crippen molar-refractivity contribution in [3.8, 4) is 0 Å². The number of rotatable bonds is 3. The summed E-state index contributed by atoms with van der Waals surface area (Å²) < 4.78 is 28.2. The summed E-state index contributed by atoms with van der Waals surface area (Å²) in [7, 11) is -3.50. The minimum absolute atomic E-state index is 0.337. The number of amidine groups is 1. The summed E-state index contributed by atoms with van der Waals surface area (Å²) in [5.74, 6) is 0.625. The predicted molar refractivity (Wildman–Crippen MR) is 78.3 cm³/mol. The lowest BCUT2D eigenvalue weighted by molar-refractivity contribution is 0.218. The highest BCUT2D eigenvalue weighted by Gasteiger charge is 2.35. The standard InChI is InChI=1S/C13H15BrN2O2S/c14-8-9-16(10-4-3-5-10)13-11-6-1-2-7-12(11)19(17,18)15-13/h1-2,6-7,10H,3-5,8-9H2. The van der Waals surface area contributed by atoms with Crippen LogP contribution in [0.1, 0.15) is 24.8 Å². The van der Waals surface area contributed by atoms with Gasteiger partial charge in [0.05, 0.1) is 0 Å². The highest BCUT2D eigenvalue weighted by atomic mass is 79.9. The zero-order valence-corrected chi connectivity index (χ0v) is 12.8. The number of sulfonamides is 1. The molecule has 3 rings (SSSR count). The summed E-state index contributed by atoms with van der Waals surface area (Å²) in [5.41, 5.74) is 0.746. The maximum Gasteiger partial charge on any atom is 0.285 e. The molecule has 102 valence electrons. The third-order valence-corrected chi connectivity index (χ3v) is 5.41. The summed E-state index contributed by atoms with van der Waals surface area (Å²) in [5, 5.41) is 0.810. The lowest BCUT2D eigenvalue weighted by Gasteiger charge is -2.38. The van der Waals surface area contributed by atoms with Gasteiger partial charge in [-0.15, -0.1) is 4.40 Å². The van der Waals surface area contributed by atoms with Gasteiger partial charge in [-0.25, -0.2) is 0 Å². The van der Waals surface area contributed by atoms with Crippen LogP contribution in [0.2, 0.25) is 0 Å². The first-order valence-electron chi connectivity index (χ1n) is 6.40. The number of benzene rings is 1. The molecule has 0 bridgehead atoms. The van der Waals surface area contributed by atoms with Gasteiger partial charge in [-0.3, -0.25) is 0 Å². The van der Waals surface area contributed by atoms with Crippen molar-refractivity contribution in [2.75, 3.05) is 11.9 Å². The van der Waals surface area contributed by atoms with Gasteiger partial charge in [0.1, 0.15) is 4.90 Å². The molecule has 0 spiro atoms. The van der Waals surface area contributed by atoms with E-state index in [1.807, 2.05) is 12.1 Å². The van der Waals surface area contributed by atoms with E-state index >= 15 is 0 Å². The maximum absolute atomic E-state index is 12.1. The molecule has 1 aliphatic heterocycles. The van der Waals surface area contributed by atoms with E-state index in [4.69, 9.17) is 0 Å². The summed E-state index contributed by atoms with van der Waals surface area (Å²) >= 11 is 3.44. The van der Waals surface area contributed by atoms with Gasteiger partial charge < -0.3 is 4.90 Å². The minimum atomic E-state index is -3.50. The molecule has 1 aromatic rings. The van der Waals surface area contributed by atoms with E-state index in [0.29, 0.717) is 16.8 Å². The fourth-order valence-corrected chi connectivity index (χ4v) is 4.15. The molecule has 6 heteroatoms. The Kier molecular flexibility index (Phi) is 3.39. The van der Waals surface area contributed by atoms with Crippen LogP contribution in [-0.4, -0.2) is 37.1 Å². The SMILES string of the molecule is O=S1(=O)N=C(N(CCBr)C2CCC2)c2ccccc21. The molecule has 0 radical (unpaired) electrons. The number of fused-ring (bicyclic) bond motifs is 1. The second-order valence-electron chi connectivity index (χ2n) is 4.85. The fraction of sp³-hybridized carbons (Fsp3) is 0.462. The number of halogens is 1. The molecule has 1 aromatic carbocycles. The van der Waals surface area contributed by atoms with Gasteiger partial charge in [-0.1, -0.05) is 28.1 Å². The van der Waals surface area contributed by atoms with Crippen LogP contribution >= 0.6 is 15.9 Å². The van der Waals surface area contributed by atoms with Gasteiger partial charge in [0, 0.05) is 23.5 Å². The first-order chi connectivity index (χ1) is 9.13. The van der Waals surface area contributed by atoms with Crippen LogP contribution in [0.15, 0.2) is 33.6 Å². The molecule has 1 aliphatic carbocycles. The molecule has 0 aromatic heterocycles. The van der Waals surface area contributed by atoms with Crippen molar-refractivity contribution in [3.05, 3.63) is 29.8 Å². The normalized spacial score (nSPS) is 20.6. The molecule has 0 atom stereocenters. The fourth-order valence-electron chi connectivity index (χ4n) is 2.55. The van der Waals surface area contributed by atoms with Crippen molar-refractivity contribution in [2.45, 2.75) is 30.2 Å². The molecule has 0 unspecified atom stereocenters. The molecule has 1 saturated carbocycles. The molecule has 0 saturated heterocycles. The average molecular weight is 343 g/mol. The highest BCUT2D eigenvalue weighted by molar-refractivity contribution is 9.09. The summed E-state index contributed by atoms with van der Waals surface area (Å²) in [4.78, 5) is 2.48. The summed E-state index contributed by atoms with van der Waals surface area (Å²) in [6.07, 6.45) is 3.45. The van der Waals surface area contributed by atoms with E-state index in [1.54, 1.807) is 12.1 Å². The molecule has 0 N–H and O–H groups in total. The van der Waals surface area contributed by atoms with Gasteiger partial charge in [0.25, 0.3) is 10.0 Å². The quantitative estimate of drug-likeness (QED) is 0.792. The highest BCUT2D eigenvalue weighted by Crippen LogP contribution is 2.32. The van der Waals surface area contributed by atoms with Crippen molar-refractivity contribution < 1.29 is 8.42 Å². The van der Waals surface area contributed by atoms with Crippen molar-refractivity contribution in [1.82, 2.24) is 4.90 Å². The zero-order valence-electron chi connectivity index (χ0n) is 10.4. The smallest absolute Gasteiger partial charge is 0.285 e. The molecule has 2 aliphatic rings. The first-order valence-corrected chi connectivity index (χ1v) is 8.96. The van der Waals surface area contributed by atoms with E-state index in [0.717, 1.165) is 30.3 Å².